The molecule has 0 aromatic carbocycles. The zero-order chi connectivity index (χ0) is 8.10. The van der Waals surface area contributed by atoms with Crippen molar-refractivity contribution in [3.05, 3.63) is 18.0 Å². The van der Waals surface area contributed by atoms with Gasteiger partial charge in [0.25, 0.3) is 0 Å². The van der Waals surface area contributed by atoms with Crippen LogP contribution in [0.2, 0.25) is 0 Å². The van der Waals surface area contributed by atoms with Gasteiger partial charge < -0.3 is 5.32 Å². The largest absolute Gasteiger partial charge is 0.357 e. The molecule has 1 aromatic heterocycles. The fourth-order valence-corrected chi connectivity index (χ4v) is 0.946. The summed E-state index contributed by atoms with van der Waals surface area (Å²) in [5.74, 6) is 1.24. The van der Waals surface area contributed by atoms with Crippen molar-refractivity contribution in [3.8, 4) is 0 Å². The number of halogens is 1. The Kier molecular flexibility index (Phi) is 3.11. The molecule has 0 bridgehead atoms. The molecule has 1 rings (SSSR count). The fourth-order valence-electron chi connectivity index (χ4n) is 0.753. The first-order chi connectivity index (χ1) is 5.36. The van der Waals surface area contributed by atoms with E-state index >= 15 is 0 Å². The fraction of sp³-hybridized carbons (Fsp3) is 0.429. The van der Waals surface area contributed by atoms with Gasteiger partial charge in [0.1, 0.15) is 0 Å². The molecule has 0 unspecified atom stereocenters. The van der Waals surface area contributed by atoms with Crippen molar-refractivity contribution in [2.45, 2.75) is 6.42 Å². The Morgan fingerprint density at radius 1 is 1.64 bits per heavy atom. The highest BCUT2D eigenvalue weighted by atomic mass is 35.5. The zero-order valence-corrected chi connectivity index (χ0v) is 7.10. The van der Waals surface area contributed by atoms with Crippen LogP contribution in [0.15, 0.2) is 12.3 Å². The number of hydrogen-bond donors (Lipinski definition) is 1. The Morgan fingerprint density at radius 2 is 2.45 bits per heavy atom. The van der Waals surface area contributed by atoms with Crippen LogP contribution in [0.1, 0.15) is 5.69 Å². The molecule has 0 spiro atoms. The predicted molar refractivity (Wildman–Crippen MR) is 46.0 cm³/mol. The number of aryl methyl sites for hydroxylation is 1. The summed E-state index contributed by atoms with van der Waals surface area (Å²) in [5.41, 5.74) is 0.972. The summed E-state index contributed by atoms with van der Waals surface area (Å²) in [6.07, 6.45) is 2.51. The van der Waals surface area contributed by atoms with E-state index in [4.69, 9.17) is 11.6 Å². The van der Waals surface area contributed by atoms with Crippen LogP contribution in [-0.4, -0.2) is 22.9 Å². The van der Waals surface area contributed by atoms with Crippen molar-refractivity contribution in [2.24, 2.45) is 0 Å². The van der Waals surface area contributed by atoms with Gasteiger partial charge >= 0.3 is 0 Å². The van der Waals surface area contributed by atoms with Gasteiger partial charge in [0.2, 0.25) is 5.95 Å². The van der Waals surface area contributed by atoms with Crippen LogP contribution >= 0.6 is 11.6 Å². The lowest BCUT2D eigenvalue weighted by molar-refractivity contribution is 1.00. The molecule has 0 fully saturated rings. The second kappa shape index (κ2) is 4.13. The molecule has 0 aliphatic rings. The van der Waals surface area contributed by atoms with Gasteiger partial charge in [-0.2, -0.15) is 0 Å². The van der Waals surface area contributed by atoms with Gasteiger partial charge in [-0.15, -0.1) is 11.6 Å². The van der Waals surface area contributed by atoms with Gasteiger partial charge in [0.15, 0.2) is 0 Å². The normalized spacial score (nSPS) is 9.64. The summed E-state index contributed by atoms with van der Waals surface area (Å²) in [5, 5.41) is 2.86. The second-order valence-electron chi connectivity index (χ2n) is 2.06. The molecule has 0 saturated carbocycles. The lowest BCUT2D eigenvalue weighted by Gasteiger charge is -1.99. The minimum Gasteiger partial charge on any atom is -0.357 e. The maximum absolute atomic E-state index is 5.55. The lowest BCUT2D eigenvalue weighted by Crippen LogP contribution is -1.99. The standard InChI is InChI=1S/C7H10ClN3/c1-9-7-10-5-3-6(11-7)2-4-8/h3,5H,2,4H2,1H3,(H,9,10,11). The van der Waals surface area contributed by atoms with E-state index in [1.54, 1.807) is 13.2 Å². The van der Waals surface area contributed by atoms with Gasteiger partial charge in [-0.1, -0.05) is 0 Å². The molecule has 4 heteroatoms. The maximum Gasteiger partial charge on any atom is 0.222 e. The quantitative estimate of drug-likeness (QED) is 0.697. The van der Waals surface area contributed by atoms with Crippen molar-refractivity contribution >= 4 is 17.5 Å². The number of aromatic nitrogens is 2. The number of hydrogen-bond acceptors (Lipinski definition) is 3. The molecule has 0 atom stereocenters. The smallest absolute Gasteiger partial charge is 0.222 e. The molecule has 11 heavy (non-hydrogen) atoms. The van der Waals surface area contributed by atoms with E-state index in [9.17, 15) is 0 Å². The average Bonchev–Trinajstić information content (AvgIpc) is 2.06. The Balaban J connectivity index is 2.74. The second-order valence-corrected chi connectivity index (χ2v) is 2.44. The third-order valence-corrected chi connectivity index (χ3v) is 1.48. The third-order valence-electron chi connectivity index (χ3n) is 1.29. The summed E-state index contributed by atoms with van der Waals surface area (Å²) < 4.78 is 0. The van der Waals surface area contributed by atoms with E-state index in [1.165, 1.54) is 0 Å². The highest BCUT2D eigenvalue weighted by Crippen LogP contribution is 2.00. The number of nitrogens with one attached hydrogen (secondary N) is 1. The predicted octanol–water partition coefficient (Wildman–Crippen LogP) is 1.30. The molecule has 0 radical (unpaired) electrons. The van der Waals surface area contributed by atoms with Crippen molar-refractivity contribution in [2.75, 3.05) is 18.2 Å². The maximum atomic E-state index is 5.55. The van der Waals surface area contributed by atoms with Crippen LogP contribution in [0, 0.1) is 0 Å². The average molecular weight is 172 g/mol. The van der Waals surface area contributed by atoms with Crippen LogP contribution < -0.4 is 5.32 Å². The first-order valence-electron chi connectivity index (χ1n) is 3.42. The first-order valence-corrected chi connectivity index (χ1v) is 3.96. The van der Waals surface area contributed by atoms with Crippen LogP contribution in [0.5, 0.6) is 0 Å². The molecular weight excluding hydrogens is 162 g/mol. The minimum atomic E-state index is 0.597. The summed E-state index contributed by atoms with van der Waals surface area (Å²) in [6, 6.07) is 1.86. The Morgan fingerprint density at radius 3 is 3.09 bits per heavy atom. The molecule has 0 aliphatic heterocycles. The molecule has 1 heterocycles. The van der Waals surface area contributed by atoms with E-state index in [-0.39, 0.29) is 0 Å². The molecule has 0 saturated heterocycles. The van der Waals surface area contributed by atoms with Crippen molar-refractivity contribution < 1.29 is 0 Å². The van der Waals surface area contributed by atoms with E-state index in [0.29, 0.717) is 11.8 Å². The highest BCUT2D eigenvalue weighted by Gasteiger charge is 1.94. The van der Waals surface area contributed by atoms with Gasteiger partial charge in [0, 0.05) is 31.2 Å². The van der Waals surface area contributed by atoms with E-state index < -0.39 is 0 Å². The number of alkyl halides is 1. The molecule has 0 amide bonds. The summed E-state index contributed by atoms with van der Waals surface area (Å²) >= 11 is 5.55. The Labute approximate surface area is 70.8 Å². The number of nitrogens with zero attached hydrogens (tertiary/aromatic N) is 2. The SMILES string of the molecule is CNc1nccc(CCCl)n1. The number of rotatable bonds is 3. The first kappa shape index (κ1) is 8.27. The van der Waals surface area contributed by atoms with E-state index in [2.05, 4.69) is 15.3 Å². The van der Waals surface area contributed by atoms with E-state index in [0.717, 1.165) is 12.1 Å². The molecule has 60 valence electrons. The van der Waals surface area contributed by atoms with Gasteiger partial charge in [-0.25, -0.2) is 9.97 Å². The topological polar surface area (TPSA) is 37.8 Å². The number of anilines is 1. The summed E-state index contributed by atoms with van der Waals surface area (Å²) in [4.78, 5) is 8.15. The van der Waals surface area contributed by atoms with Crippen LogP contribution in [0.25, 0.3) is 0 Å². The Hall–Kier alpha value is -0.830. The third kappa shape index (κ3) is 2.35. The highest BCUT2D eigenvalue weighted by molar-refractivity contribution is 6.17. The molecule has 1 aromatic rings. The molecule has 3 nitrogen and oxygen atoms in total. The van der Waals surface area contributed by atoms with Crippen molar-refractivity contribution in [3.63, 3.8) is 0 Å². The van der Waals surface area contributed by atoms with Gasteiger partial charge in [-0.05, 0) is 6.07 Å². The molecule has 0 aliphatic carbocycles. The Bertz CT molecular complexity index is 227. The monoisotopic (exact) mass is 171 g/mol. The molecule has 1 N–H and O–H groups in total. The van der Waals surface area contributed by atoms with Gasteiger partial charge in [-0.3, -0.25) is 0 Å². The van der Waals surface area contributed by atoms with Gasteiger partial charge in [0.05, 0.1) is 0 Å². The van der Waals surface area contributed by atoms with Crippen molar-refractivity contribution in [1.82, 2.24) is 9.97 Å². The molecular formula is C7H10ClN3. The summed E-state index contributed by atoms with van der Waals surface area (Å²) in [6.45, 7) is 0. The summed E-state index contributed by atoms with van der Waals surface area (Å²) in [7, 11) is 1.79. The van der Waals surface area contributed by atoms with Crippen LogP contribution in [-0.2, 0) is 6.42 Å². The minimum absolute atomic E-state index is 0.597. The van der Waals surface area contributed by atoms with Crippen LogP contribution in [0.4, 0.5) is 5.95 Å². The zero-order valence-electron chi connectivity index (χ0n) is 6.34. The lowest BCUT2D eigenvalue weighted by atomic mass is 10.3. The van der Waals surface area contributed by atoms with Crippen LogP contribution in [0.3, 0.4) is 0 Å². The van der Waals surface area contributed by atoms with E-state index in [1.807, 2.05) is 6.07 Å². The van der Waals surface area contributed by atoms with Crippen molar-refractivity contribution in [1.29, 1.82) is 0 Å².